The summed E-state index contributed by atoms with van der Waals surface area (Å²) in [4.78, 5) is 17.2. The standard InChI is InChI=1S/C12H18N2O3S/c1-12(2)8-14(5-6-17-12)11-13-9(7-18-11)3-4-10(15)16/h7H,3-6,8H2,1-2H3,(H,15,16). The van der Waals surface area contributed by atoms with Crippen LogP contribution in [-0.4, -0.2) is 41.4 Å². The lowest BCUT2D eigenvalue weighted by atomic mass is 10.1. The molecule has 1 saturated heterocycles. The number of aryl methyl sites for hydroxylation is 1. The smallest absolute Gasteiger partial charge is 0.303 e. The van der Waals surface area contributed by atoms with Crippen molar-refractivity contribution in [3.8, 4) is 0 Å². The van der Waals surface area contributed by atoms with E-state index in [9.17, 15) is 4.79 Å². The third-order valence-corrected chi connectivity index (χ3v) is 3.78. The van der Waals surface area contributed by atoms with E-state index in [-0.39, 0.29) is 12.0 Å². The summed E-state index contributed by atoms with van der Waals surface area (Å²) in [5.74, 6) is -0.781. The molecule has 0 saturated carbocycles. The number of thiazole rings is 1. The molecule has 0 atom stereocenters. The number of anilines is 1. The van der Waals surface area contributed by atoms with Gasteiger partial charge in [0, 0.05) is 24.9 Å². The quantitative estimate of drug-likeness (QED) is 0.903. The number of hydrogen-bond acceptors (Lipinski definition) is 5. The minimum Gasteiger partial charge on any atom is -0.481 e. The molecule has 0 amide bonds. The molecule has 5 nitrogen and oxygen atoms in total. The van der Waals surface area contributed by atoms with Crippen molar-refractivity contribution >= 4 is 22.4 Å². The van der Waals surface area contributed by atoms with Crippen LogP contribution in [0.3, 0.4) is 0 Å². The largest absolute Gasteiger partial charge is 0.481 e. The van der Waals surface area contributed by atoms with Crippen LogP contribution in [0.15, 0.2) is 5.38 Å². The summed E-state index contributed by atoms with van der Waals surface area (Å²) in [5, 5.41) is 11.6. The third-order valence-electron chi connectivity index (χ3n) is 2.83. The predicted octanol–water partition coefficient (Wildman–Crippen LogP) is 1.78. The van der Waals surface area contributed by atoms with Crippen molar-refractivity contribution < 1.29 is 14.6 Å². The second-order valence-corrected chi connectivity index (χ2v) is 5.88. The maximum atomic E-state index is 10.5. The van der Waals surface area contributed by atoms with Crippen LogP contribution in [0, 0.1) is 0 Å². The van der Waals surface area contributed by atoms with Gasteiger partial charge in [0.05, 0.1) is 24.3 Å². The number of ether oxygens (including phenoxy) is 1. The molecule has 2 heterocycles. The second kappa shape index (κ2) is 5.24. The minimum absolute atomic E-state index is 0.137. The Morgan fingerprint density at radius 3 is 3.11 bits per heavy atom. The Labute approximate surface area is 110 Å². The number of carboxylic acids is 1. The number of rotatable bonds is 4. The Morgan fingerprint density at radius 2 is 2.44 bits per heavy atom. The molecule has 18 heavy (non-hydrogen) atoms. The topological polar surface area (TPSA) is 62.7 Å². The van der Waals surface area contributed by atoms with Gasteiger partial charge in [-0.2, -0.15) is 0 Å². The highest BCUT2D eigenvalue weighted by Gasteiger charge is 2.28. The van der Waals surface area contributed by atoms with Gasteiger partial charge in [0.1, 0.15) is 0 Å². The fourth-order valence-electron chi connectivity index (χ4n) is 1.97. The number of aliphatic carboxylic acids is 1. The highest BCUT2D eigenvalue weighted by Crippen LogP contribution is 2.26. The molecule has 0 spiro atoms. The first-order valence-corrected chi connectivity index (χ1v) is 6.89. The zero-order valence-corrected chi connectivity index (χ0v) is 11.5. The molecule has 2 rings (SSSR count). The third kappa shape index (κ3) is 3.43. The molecule has 100 valence electrons. The molecule has 0 bridgehead atoms. The molecule has 0 aliphatic carbocycles. The Bertz CT molecular complexity index is 431. The molecule has 1 N–H and O–H groups in total. The fourth-order valence-corrected chi connectivity index (χ4v) is 2.86. The van der Waals surface area contributed by atoms with Crippen LogP contribution < -0.4 is 4.90 Å². The van der Waals surface area contributed by atoms with Crippen LogP contribution >= 0.6 is 11.3 Å². The second-order valence-electron chi connectivity index (χ2n) is 5.04. The van der Waals surface area contributed by atoms with E-state index in [0.29, 0.717) is 13.0 Å². The zero-order valence-electron chi connectivity index (χ0n) is 10.7. The zero-order chi connectivity index (χ0) is 13.2. The molecule has 6 heteroatoms. The maximum absolute atomic E-state index is 10.5. The highest BCUT2D eigenvalue weighted by atomic mass is 32.1. The van der Waals surface area contributed by atoms with Gasteiger partial charge >= 0.3 is 5.97 Å². The molecule has 1 aromatic heterocycles. The van der Waals surface area contributed by atoms with Gasteiger partial charge in [0.2, 0.25) is 0 Å². The number of nitrogens with zero attached hydrogens (tertiary/aromatic N) is 2. The van der Waals surface area contributed by atoms with Crippen molar-refractivity contribution in [2.45, 2.75) is 32.3 Å². The van der Waals surface area contributed by atoms with Crippen molar-refractivity contribution in [3.05, 3.63) is 11.1 Å². The van der Waals surface area contributed by atoms with Gasteiger partial charge < -0.3 is 14.7 Å². The van der Waals surface area contributed by atoms with Crippen LogP contribution in [0.2, 0.25) is 0 Å². The van der Waals surface area contributed by atoms with E-state index in [1.807, 2.05) is 5.38 Å². The summed E-state index contributed by atoms with van der Waals surface area (Å²) in [6.45, 7) is 6.50. The molecular formula is C12H18N2O3S. The lowest BCUT2D eigenvalue weighted by Crippen LogP contribution is -2.48. The lowest BCUT2D eigenvalue weighted by molar-refractivity contribution is -0.136. The van der Waals surface area contributed by atoms with E-state index in [0.717, 1.165) is 23.9 Å². The van der Waals surface area contributed by atoms with Crippen LogP contribution in [0.1, 0.15) is 26.0 Å². The van der Waals surface area contributed by atoms with E-state index < -0.39 is 5.97 Å². The Kier molecular flexibility index (Phi) is 3.87. The van der Waals surface area contributed by atoms with Gasteiger partial charge in [-0.15, -0.1) is 11.3 Å². The van der Waals surface area contributed by atoms with Gasteiger partial charge in [0.15, 0.2) is 5.13 Å². The summed E-state index contributed by atoms with van der Waals surface area (Å²) < 4.78 is 5.66. The van der Waals surface area contributed by atoms with Crippen molar-refractivity contribution in [1.29, 1.82) is 0 Å². The summed E-state index contributed by atoms with van der Waals surface area (Å²) in [5.41, 5.74) is 0.715. The van der Waals surface area contributed by atoms with Crippen molar-refractivity contribution in [2.75, 3.05) is 24.6 Å². The van der Waals surface area contributed by atoms with E-state index >= 15 is 0 Å². The van der Waals surface area contributed by atoms with Gasteiger partial charge in [-0.25, -0.2) is 4.98 Å². The van der Waals surface area contributed by atoms with E-state index in [1.54, 1.807) is 11.3 Å². The maximum Gasteiger partial charge on any atom is 0.303 e. The summed E-state index contributed by atoms with van der Waals surface area (Å²) in [6, 6.07) is 0. The van der Waals surface area contributed by atoms with Gasteiger partial charge in [-0.3, -0.25) is 4.79 Å². The van der Waals surface area contributed by atoms with Crippen molar-refractivity contribution in [3.63, 3.8) is 0 Å². The SMILES string of the molecule is CC1(C)CN(c2nc(CCC(=O)O)cs2)CCO1. The van der Waals surface area contributed by atoms with Crippen molar-refractivity contribution in [1.82, 2.24) is 4.98 Å². The first-order valence-electron chi connectivity index (χ1n) is 6.01. The Morgan fingerprint density at radius 1 is 1.67 bits per heavy atom. The molecule has 0 aromatic carbocycles. The first kappa shape index (κ1) is 13.3. The molecule has 0 radical (unpaired) electrons. The van der Waals surface area contributed by atoms with E-state index in [2.05, 4.69) is 23.7 Å². The molecular weight excluding hydrogens is 252 g/mol. The molecule has 1 aliphatic rings. The van der Waals surface area contributed by atoms with Crippen LogP contribution in [-0.2, 0) is 16.0 Å². The number of carbonyl (C=O) groups is 1. The van der Waals surface area contributed by atoms with Crippen LogP contribution in [0.5, 0.6) is 0 Å². The average Bonchev–Trinajstić information content (AvgIpc) is 2.73. The van der Waals surface area contributed by atoms with Crippen LogP contribution in [0.4, 0.5) is 5.13 Å². The minimum atomic E-state index is -0.781. The fraction of sp³-hybridized carbons (Fsp3) is 0.667. The van der Waals surface area contributed by atoms with Crippen molar-refractivity contribution in [2.24, 2.45) is 0 Å². The van der Waals surface area contributed by atoms with E-state index in [1.165, 1.54) is 0 Å². The first-order chi connectivity index (χ1) is 8.46. The molecule has 0 unspecified atom stereocenters. The number of morpholine rings is 1. The normalized spacial score (nSPS) is 18.9. The summed E-state index contributed by atoms with van der Waals surface area (Å²) >= 11 is 1.57. The number of carboxylic acid groups (broad SMARTS) is 1. The van der Waals surface area contributed by atoms with E-state index in [4.69, 9.17) is 9.84 Å². The van der Waals surface area contributed by atoms with Gasteiger partial charge in [-0.1, -0.05) is 0 Å². The van der Waals surface area contributed by atoms with Gasteiger partial charge in [0.25, 0.3) is 0 Å². The highest BCUT2D eigenvalue weighted by molar-refractivity contribution is 7.13. The molecule has 1 aliphatic heterocycles. The summed E-state index contributed by atoms with van der Waals surface area (Å²) in [7, 11) is 0. The average molecular weight is 270 g/mol. The Balaban J connectivity index is 1.99. The number of aromatic nitrogens is 1. The predicted molar refractivity (Wildman–Crippen MR) is 70.3 cm³/mol. The van der Waals surface area contributed by atoms with Crippen LogP contribution in [0.25, 0.3) is 0 Å². The Hall–Kier alpha value is -1.14. The van der Waals surface area contributed by atoms with Gasteiger partial charge in [-0.05, 0) is 13.8 Å². The summed E-state index contributed by atoms with van der Waals surface area (Å²) in [6.07, 6.45) is 0.636. The molecule has 1 aromatic rings. The lowest BCUT2D eigenvalue weighted by Gasteiger charge is -2.37. The molecule has 1 fully saturated rings. The number of hydrogen-bond donors (Lipinski definition) is 1. The monoisotopic (exact) mass is 270 g/mol.